The number of carbonyl (C=O) groups is 1. The molecule has 0 radical (unpaired) electrons. The Morgan fingerprint density at radius 2 is 2.11 bits per heavy atom. The topological polar surface area (TPSA) is 45.2 Å². The lowest BCUT2D eigenvalue weighted by Gasteiger charge is -2.26. The van der Waals surface area contributed by atoms with Gasteiger partial charge in [0, 0.05) is 24.3 Å². The number of hydrazine groups is 1. The van der Waals surface area contributed by atoms with E-state index in [1.807, 2.05) is 11.1 Å². The summed E-state index contributed by atoms with van der Waals surface area (Å²) >= 11 is 5.97. The SMILES string of the molecule is CCCc1cc(C(=O)NN2CCCCC2)cc(Cl)n1. The molecule has 5 heteroatoms. The van der Waals surface area contributed by atoms with Crippen LogP contribution in [0.1, 0.15) is 48.7 Å². The predicted octanol–water partition coefficient (Wildman–Crippen LogP) is 2.82. The van der Waals surface area contributed by atoms with E-state index in [4.69, 9.17) is 11.6 Å². The molecular weight excluding hydrogens is 262 g/mol. The second kappa shape index (κ2) is 6.87. The lowest BCUT2D eigenvalue weighted by atomic mass is 10.1. The molecule has 0 spiro atoms. The zero-order valence-corrected chi connectivity index (χ0v) is 12.0. The number of halogens is 1. The lowest BCUT2D eigenvalue weighted by Crippen LogP contribution is -2.45. The fourth-order valence-electron chi connectivity index (χ4n) is 2.28. The fourth-order valence-corrected chi connectivity index (χ4v) is 2.51. The summed E-state index contributed by atoms with van der Waals surface area (Å²) in [6.07, 6.45) is 5.34. The Balaban J connectivity index is 2.05. The van der Waals surface area contributed by atoms with Crippen LogP contribution in [0, 0.1) is 0 Å². The van der Waals surface area contributed by atoms with E-state index in [1.165, 1.54) is 6.42 Å². The van der Waals surface area contributed by atoms with Gasteiger partial charge in [-0.2, -0.15) is 0 Å². The molecule has 0 bridgehead atoms. The number of aryl methyl sites for hydroxylation is 1. The van der Waals surface area contributed by atoms with Crippen LogP contribution in [-0.4, -0.2) is 29.0 Å². The van der Waals surface area contributed by atoms with Gasteiger partial charge in [-0.3, -0.25) is 10.2 Å². The van der Waals surface area contributed by atoms with E-state index >= 15 is 0 Å². The van der Waals surface area contributed by atoms with Gasteiger partial charge in [-0.25, -0.2) is 9.99 Å². The van der Waals surface area contributed by atoms with E-state index in [2.05, 4.69) is 17.3 Å². The average molecular weight is 282 g/mol. The molecule has 2 heterocycles. The number of nitrogens with zero attached hydrogens (tertiary/aromatic N) is 2. The fraction of sp³-hybridized carbons (Fsp3) is 0.571. The number of nitrogens with one attached hydrogen (secondary N) is 1. The van der Waals surface area contributed by atoms with Crippen LogP contribution in [0.15, 0.2) is 12.1 Å². The minimum atomic E-state index is -0.0939. The van der Waals surface area contributed by atoms with Gasteiger partial charge >= 0.3 is 0 Å². The summed E-state index contributed by atoms with van der Waals surface area (Å²) in [6, 6.07) is 3.45. The molecule has 1 fully saturated rings. The Bertz CT molecular complexity index is 444. The monoisotopic (exact) mass is 281 g/mol. The van der Waals surface area contributed by atoms with Gasteiger partial charge in [0.1, 0.15) is 5.15 Å². The van der Waals surface area contributed by atoms with Crippen molar-refractivity contribution in [1.82, 2.24) is 15.4 Å². The van der Waals surface area contributed by atoms with Crippen LogP contribution in [0.2, 0.25) is 5.15 Å². The first-order valence-electron chi connectivity index (χ1n) is 6.91. The number of aromatic nitrogens is 1. The summed E-state index contributed by atoms with van der Waals surface area (Å²) in [7, 11) is 0. The number of amides is 1. The van der Waals surface area contributed by atoms with Crippen molar-refractivity contribution in [3.05, 3.63) is 28.5 Å². The normalized spacial score (nSPS) is 16.3. The average Bonchev–Trinajstić information content (AvgIpc) is 2.39. The molecule has 0 aromatic carbocycles. The van der Waals surface area contributed by atoms with Crippen molar-refractivity contribution < 1.29 is 4.79 Å². The number of rotatable bonds is 4. The summed E-state index contributed by atoms with van der Waals surface area (Å²) in [5.41, 5.74) is 4.41. The van der Waals surface area contributed by atoms with Gasteiger partial charge in [-0.05, 0) is 31.4 Å². The third-order valence-electron chi connectivity index (χ3n) is 3.23. The highest BCUT2D eigenvalue weighted by molar-refractivity contribution is 6.29. The summed E-state index contributed by atoms with van der Waals surface area (Å²) in [5, 5.41) is 2.37. The molecule has 2 rings (SSSR count). The summed E-state index contributed by atoms with van der Waals surface area (Å²) in [4.78, 5) is 16.4. The third-order valence-corrected chi connectivity index (χ3v) is 3.42. The van der Waals surface area contributed by atoms with Crippen molar-refractivity contribution >= 4 is 17.5 Å². The first kappa shape index (κ1) is 14.3. The first-order chi connectivity index (χ1) is 9.19. The molecular formula is C14H20ClN3O. The predicted molar refractivity (Wildman–Crippen MR) is 76.1 cm³/mol. The first-order valence-corrected chi connectivity index (χ1v) is 7.29. The molecule has 0 atom stereocenters. The summed E-state index contributed by atoms with van der Waals surface area (Å²) in [6.45, 7) is 3.93. The zero-order valence-electron chi connectivity index (χ0n) is 11.3. The van der Waals surface area contributed by atoms with E-state index in [0.717, 1.165) is 44.5 Å². The van der Waals surface area contributed by atoms with Crippen molar-refractivity contribution in [2.75, 3.05) is 13.1 Å². The second-order valence-electron chi connectivity index (χ2n) is 4.91. The molecule has 1 aromatic heterocycles. The number of carbonyl (C=O) groups excluding carboxylic acids is 1. The van der Waals surface area contributed by atoms with Crippen molar-refractivity contribution in [1.29, 1.82) is 0 Å². The van der Waals surface area contributed by atoms with Gasteiger partial charge in [-0.1, -0.05) is 31.4 Å². The van der Waals surface area contributed by atoms with E-state index in [1.54, 1.807) is 6.07 Å². The van der Waals surface area contributed by atoms with Crippen LogP contribution < -0.4 is 5.43 Å². The molecule has 0 unspecified atom stereocenters. The Labute approximate surface area is 119 Å². The van der Waals surface area contributed by atoms with Crippen LogP contribution in [-0.2, 0) is 6.42 Å². The van der Waals surface area contributed by atoms with Crippen molar-refractivity contribution in [3.8, 4) is 0 Å². The summed E-state index contributed by atoms with van der Waals surface area (Å²) < 4.78 is 0. The van der Waals surface area contributed by atoms with Crippen molar-refractivity contribution in [2.24, 2.45) is 0 Å². The van der Waals surface area contributed by atoms with Gasteiger partial charge in [0.25, 0.3) is 5.91 Å². The number of hydrogen-bond acceptors (Lipinski definition) is 3. The molecule has 1 aliphatic rings. The molecule has 0 saturated carbocycles. The van der Waals surface area contributed by atoms with Crippen LogP contribution in [0.25, 0.3) is 0 Å². The van der Waals surface area contributed by atoms with Gasteiger partial charge in [0.2, 0.25) is 0 Å². The molecule has 1 N–H and O–H groups in total. The van der Waals surface area contributed by atoms with Crippen molar-refractivity contribution in [3.63, 3.8) is 0 Å². The minimum absolute atomic E-state index is 0.0939. The standard InChI is InChI=1S/C14H20ClN3O/c1-2-6-12-9-11(10-13(15)16-12)14(19)17-18-7-4-3-5-8-18/h9-10H,2-8H2,1H3,(H,17,19). The minimum Gasteiger partial charge on any atom is -0.285 e. The molecule has 4 nitrogen and oxygen atoms in total. The molecule has 104 valence electrons. The molecule has 1 amide bonds. The quantitative estimate of drug-likeness (QED) is 0.863. The zero-order chi connectivity index (χ0) is 13.7. The van der Waals surface area contributed by atoms with E-state index in [0.29, 0.717) is 10.7 Å². The van der Waals surface area contributed by atoms with Gasteiger partial charge < -0.3 is 0 Å². The lowest BCUT2D eigenvalue weighted by molar-refractivity contribution is 0.0750. The maximum Gasteiger partial charge on any atom is 0.265 e. The highest BCUT2D eigenvalue weighted by atomic mass is 35.5. The number of hydrogen-bond donors (Lipinski definition) is 1. The highest BCUT2D eigenvalue weighted by Crippen LogP contribution is 2.13. The van der Waals surface area contributed by atoms with Crippen LogP contribution in [0.5, 0.6) is 0 Å². The van der Waals surface area contributed by atoms with Gasteiger partial charge in [0.15, 0.2) is 0 Å². The molecule has 1 saturated heterocycles. The van der Waals surface area contributed by atoms with Crippen LogP contribution >= 0.6 is 11.6 Å². The van der Waals surface area contributed by atoms with Crippen LogP contribution in [0.4, 0.5) is 0 Å². The van der Waals surface area contributed by atoms with E-state index in [9.17, 15) is 4.79 Å². The maximum atomic E-state index is 12.2. The van der Waals surface area contributed by atoms with Gasteiger partial charge in [0.05, 0.1) is 0 Å². The summed E-state index contributed by atoms with van der Waals surface area (Å²) in [5.74, 6) is -0.0939. The van der Waals surface area contributed by atoms with Crippen LogP contribution in [0.3, 0.4) is 0 Å². The number of piperidine rings is 1. The maximum absolute atomic E-state index is 12.2. The second-order valence-corrected chi connectivity index (χ2v) is 5.30. The Morgan fingerprint density at radius 1 is 1.37 bits per heavy atom. The Morgan fingerprint density at radius 3 is 2.79 bits per heavy atom. The van der Waals surface area contributed by atoms with E-state index < -0.39 is 0 Å². The Kier molecular flexibility index (Phi) is 5.16. The third kappa shape index (κ3) is 4.18. The van der Waals surface area contributed by atoms with E-state index in [-0.39, 0.29) is 5.91 Å². The largest absolute Gasteiger partial charge is 0.285 e. The number of pyridine rings is 1. The van der Waals surface area contributed by atoms with Crippen molar-refractivity contribution in [2.45, 2.75) is 39.0 Å². The molecule has 0 aliphatic carbocycles. The smallest absolute Gasteiger partial charge is 0.265 e. The molecule has 1 aromatic rings. The highest BCUT2D eigenvalue weighted by Gasteiger charge is 2.15. The van der Waals surface area contributed by atoms with Gasteiger partial charge in [-0.15, -0.1) is 0 Å². The Hall–Kier alpha value is -1.13. The molecule has 19 heavy (non-hydrogen) atoms. The molecule has 1 aliphatic heterocycles.